The quantitative estimate of drug-likeness (QED) is 0.107. The van der Waals surface area contributed by atoms with Crippen molar-refractivity contribution < 1.29 is 14.3 Å². The molecule has 2 aromatic heterocycles. The lowest BCUT2D eigenvalue weighted by atomic mass is 10.0. The summed E-state index contributed by atoms with van der Waals surface area (Å²) in [6, 6.07) is 7.39. The summed E-state index contributed by atoms with van der Waals surface area (Å²) < 4.78 is 7.49. The van der Waals surface area contributed by atoms with Gasteiger partial charge in [-0.2, -0.15) is 5.10 Å². The Hall–Kier alpha value is -2.98. The van der Waals surface area contributed by atoms with Crippen LogP contribution in [0.1, 0.15) is 99.7 Å². The molecule has 0 atom stereocenters. The molecule has 3 heterocycles. The summed E-state index contributed by atoms with van der Waals surface area (Å²) in [5, 5.41) is 16.4. The Balaban J connectivity index is 1.34. The molecule has 1 aliphatic rings. The minimum absolute atomic E-state index is 0.0161. The topological polar surface area (TPSA) is 110 Å². The Morgan fingerprint density at radius 2 is 1.70 bits per heavy atom. The molecular formula is C33H47BrN6O3. The van der Waals surface area contributed by atoms with E-state index in [0.29, 0.717) is 30.3 Å². The van der Waals surface area contributed by atoms with Gasteiger partial charge in [-0.1, -0.05) is 55.0 Å². The van der Waals surface area contributed by atoms with Gasteiger partial charge in [0.2, 0.25) is 5.91 Å². The number of carbonyl (C=O) groups excluding carboxylic acids is 2. The maximum atomic E-state index is 13.2. The van der Waals surface area contributed by atoms with E-state index in [4.69, 9.17) is 9.72 Å². The average Bonchev–Trinajstić information content (AvgIpc) is 3.45. The largest absolute Gasteiger partial charge is 0.381 e. The number of hydrogen-bond donors (Lipinski definition) is 3. The van der Waals surface area contributed by atoms with E-state index in [1.165, 1.54) is 32.1 Å². The molecule has 0 aliphatic carbocycles. The Bertz CT molecular complexity index is 1320. The summed E-state index contributed by atoms with van der Waals surface area (Å²) in [6.45, 7) is 6.71. The highest BCUT2D eigenvalue weighted by molar-refractivity contribution is 9.09. The maximum absolute atomic E-state index is 13.2. The number of rotatable bonds is 17. The molecule has 2 amide bonds. The van der Waals surface area contributed by atoms with Crippen molar-refractivity contribution in [2.75, 3.05) is 29.2 Å². The second-order valence-corrected chi connectivity index (χ2v) is 12.0. The number of nitrogens with one attached hydrogen (secondary N) is 3. The monoisotopic (exact) mass is 654 g/mol. The first-order valence-corrected chi connectivity index (χ1v) is 17.1. The molecule has 0 radical (unpaired) electrons. The van der Waals surface area contributed by atoms with Crippen LogP contribution < -0.4 is 16.0 Å². The van der Waals surface area contributed by atoms with Gasteiger partial charge >= 0.3 is 0 Å². The lowest BCUT2D eigenvalue weighted by Crippen LogP contribution is -2.30. The van der Waals surface area contributed by atoms with Crippen molar-refractivity contribution in [3.8, 4) is 0 Å². The number of halogens is 1. The molecule has 10 heteroatoms. The van der Waals surface area contributed by atoms with E-state index >= 15 is 0 Å². The zero-order valence-electron chi connectivity index (χ0n) is 25.7. The lowest BCUT2D eigenvalue weighted by Gasteiger charge is -2.26. The highest BCUT2D eigenvalue weighted by Crippen LogP contribution is 2.31. The number of fused-ring (bicyclic) bond motifs is 1. The molecule has 1 aliphatic heterocycles. The third kappa shape index (κ3) is 9.50. The number of benzene rings is 1. The van der Waals surface area contributed by atoms with Crippen LogP contribution in [0, 0.1) is 0 Å². The van der Waals surface area contributed by atoms with Crippen LogP contribution in [0.15, 0.2) is 30.5 Å². The van der Waals surface area contributed by atoms with Crippen molar-refractivity contribution in [3.63, 3.8) is 0 Å². The van der Waals surface area contributed by atoms with Gasteiger partial charge in [0.1, 0.15) is 0 Å². The SMILES string of the molecule is CCc1nc2c(cnn2CC)c(NC2CCOCC2)c1CNC(=O)c1ccc(NC(=O)CCCCCCCCCBr)cc1. The number of ether oxygens (including phenoxy) is 1. The van der Waals surface area contributed by atoms with Gasteiger partial charge in [-0.05, 0) is 63.3 Å². The van der Waals surface area contributed by atoms with Gasteiger partial charge in [0.15, 0.2) is 5.65 Å². The lowest BCUT2D eigenvalue weighted by molar-refractivity contribution is -0.116. The number of carbonyl (C=O) groups is 2. The second-order valence-electron chi connectivity index (χ2n) is 11.2. The summed E-state index contributed by atoms with van der Waals surface area (Å²) in [7, 11) is 0. The maximum Gasteiger partial charge on any atom is 0.251 e. The van der Waals surface area contributed by atoms with Crippen LogP contribution in [0.25, 0.3) is 11.0 Å². The van der Waals surface area contributed by atoms with Crippen LogP contribution in [0.2, 0.25) is 0 Å². The van der Waals surface area contributed by atoms with Crippen molar-refractivity contribution in [1.82, 2.24) is 20.1 Å². The molecule has 1 fully saturated rings. The molecule has 1 aromatic carbocycles. The highest BCUT2D eigenvalue weighted by Gasteiger charge is 2.22. The van der Waals surface area contributed by atoms with Gasteiger partial charge in [-0.3, -0.25) is 9.59 Å². The second kappa shape index (κ2) is 17.3. The predicted molar refractivity (Wildman–Crippen MR) is 177 cm³/mol. The van der Waals surface area contributed by atoms with Crippen LogP contribution in [0.5, 0.6) is 0 Å². The van der Waals surface area contributed by atoms with E-state index < -0.39 is 0 Å². The molecule has 0 saturated carbocycles. The predicted octanol–water partition coefficient (Wildman–Crippen LogP) is 6.99. The van der Waals surface area contributed by atoms with Crippen LogP contribution in [-0.4, -0.2) is 51.2 Å². The molecule has 234 valence electrons. The Morgan fingerprint density at radius 1 is 1.00 bits per heavy atom. The van der Waals surface area contributed by atoms with Crippen LogP contribution >= 0.6 is 15.9 Å². The highest BCUT2D eigenvalue weighted by atomic mass is 79.9. The molecule has 3 aromatic rings. The van der Waals surface area contributed by atoms with E-state index in [2.05, 4.69) is 50.8 Å². The minimum Gasteiger partial charge on any atom is -0.381 e. The van der Waals surface area contributed by atoms with Gasteiger partial charge in [-0.15, -0.1) is 0 Å². The third-order valence-electron chi connectivity index (χ3n) is 8.07. The Labute approximate surface area is 264 Å². The van der Waals surface area contributed by atoms with Crippen LogP contribution in [0.3, 0.4) is 0 Å². The van der Waals surface area contributed by atoms with Crippen LogP contribution in [-0.2, 0) is 29.0 Å². The summed E-state index contributed by atoms with van der Waals surface area (Å²) in [6.07, 6.45) is 13.2. The van der Waals surface area contributed by atoms with Gasteiger partial charge in [0.05, 0.1) is 17.3 Å². The van der Waals surface area contributed by atoms with Crippen LogP contribution in [0.4, 0.5) is 11.4 Å². The molecular weight excluding hydrogens is 608 g/mol. The van der Waals surface area contributed by atoms with Crippen molar-refractivity contribution in [2.45, 2.75) is 104 Å². The average molecular weight is 656 g/mol. The number of alkyl halides is 1. The smallest absolute Gasteiger partial charge is 0.251 e. The molecule has 43 heavy (non-hydrogen) atoms. The molecule has 0 unspecified atom stereocenters. The first kappa shape index (κ1) is 32.9. The first-order valence-electron chi connectivity index (χ1n) is 16.0. The Kier molecular flexibility index (Phi) is 13.3. The van der Waals surface area contributed by atoms with Crippen molar-refractivity contribution in [1.29, 1.82) is 0 Å². The van der Waals surface area contributed by atoms with Gasteiger partial charge in [0.25, 0.3) is 5.91 Å². The summed E-state index contributed by atoms with van der Waals surface area (Å²) in [5.41, 5.74) is 5.06. The molecule has 1 saturated heterocycles. The van der Waals surface area contributed by atoms with E-state index in [0.717, 1.165) is 85.2 Å². The number of anilines is 2. The molecule has 3 N–H and O–H groups in total. The van der Waals surface area contributed by atoms with Gasteiger partial charge in [-0.25, -0.2) is 9.67 Å². The molecule has 9 nitrogen and oxygen atoms in total. The van der Waals surface area contributed by atoms with E-state index in [1.807, 2.05) is 10.9 Å². The molecule has 4 rings (SSSR count). The number of amides is 2. The Morgan fingerprint density at radius 3 is 2.37 bits per heavy atom. The van der Waals surface area contributed by atoms with Gasteiger partial charge < -0.3 is 20.7 Å². The van der Waals surface area contributed by atoms with Crippen molar-refractivity contribution in [2.24, 2.45) is 0 Å². The van der Waals surface area contributed by atoms with E-state index in [1.54, 1.807) is 24.3 Å². The van der Waals surface area contributed by atoms with E-state index in [9.17, 15) is 9.59 Å². The number of unbranched alkanes of at least 4 members (excludes halogenated alkanes) is 6. The number of nitrogens with zero attached hydrogens (tertiary/aromatic N) is 3. The van der Waals surface area contributed by atoms with Crippen molar-refractivity contribution in [3.05, 3.63) is 47.3 Å². The molecule has 0 bridgehead atoms. The van der Waals surface area contributed by atoms with Crippen molar-refractivity contribution >= 4 is 50.2 Å². The number of pyridine rings is 1. The minimum atomic E-state index is -0.169. The summed E-state index contributed by atoms with van der Waals surface area (Å²) in [4.78, 5) is 30.5. The third-order valence-corrected chi connectivity index (χ3v) is 8.63. The fourth-order valence-corrected chi connectivity index (χ4v) is 5.96. The number of hydrogen-bond acceptors (Lipinski definition) is 6. The first-order chi connectivity index (χ1) is 21.0. The zero-order valence-corrected chi connectivity index (χ0v) is 27.3. The summed E-state index contributed by atoms with van der Waals surface area (Å²) >= 11 is 3.47. The number of aromatic nitrogens is 3. The fraction of sp³-hybridized carbons (Fsp3) is 0.576. The number of aryl methyl sites for hydroxylation is 2. The zero-order chi connectivity index (χ0) is 30.4. The molecule has 0 spiro atoms. The van der Waals surface area contributed by atoms with E-state index in [-0.39, 0.29) is 11.8 Å². The normalized spacial score (nSPS) is 13.7. The fourth-order valence-electron chi connectivity index (χ4n) is 5.56. The van der Waals surface area contributed by atoms with Gasteiger partial charge in [0, 0.05) is 66.6 Å². The standard InChI is InChI=1S/C33H47BrN6O3/c1-3-29-27(31(38-26-17-20-43-21-18-26)28-23-36-40(4-2)32(28)39-29)22-35-33(42)24-13-15-25(16-14-24)37-30(41)12-10-8-6-5-7-9-11-19-34/h13-16,23,26H,3-12,17-22H2,1-2H3,(H,35,42)(H,37,41)(H,38,39). The summed E-state index contributed by atoms with van der Waals surface area (Å²) in [5.74, 6) is -0.153.